The van der Waals surface area contributed by atoms with Gasteiger partial charge in [-0.1, -0.05) is 0 Å². The van der Waals surface area contributed by atoms with Crippen LogP contribution in [0.2, 0.25) is 0 Å². The van der Waals surface area contributed by atoms with Gasteiger partial charge in [0.15, 0.2) is 0 Å². The zero-order chi connectivity index (χ0) is 12.8. The summed E-state index contributed by atoms with van der Waals surface area (Å²) >= 11 is 0. The average molecular weight is 244 g/mol. The molecule has 18 heavy (non-hydrogen) atoms. The van der Waals surface area contributed by atoms with Crippen LogP contribution in [0.1, 0.15) is 25.3 Å². The first-order chi connectivity index (χ1) is 8.79. The van der Waals surface area contributed by atoms with Gasteiger partial charge in [-0.15, -0.1) is 0 Å². The summed E-state index contributed by atoms with van der Waals surface area (Å²) in [4.78, 5) is 15.2. The minimum Gasteiger partial charge on any atom is -0.466 e. The van der Waals surface area contributed by atoms with Crippen molar-refractivity contribution in [2.75, 3.05) is 6.61 Å². The van der Waals surface area contributed by atoms with E-state index in [2.05, 4.69) is 15.5 Å². The molecule has 1 aliphatic rings. The van der Waals surface area contributed by atoms with E-state index in [0.29, 0.717) is 19.4 Å². The highest BCUT2D eigenvalue weighted by molar-refractivity contribution is 6.04. The molecule has 1 radical (unpaired) electrons. The number of nitrogens with zero attached hydrogens (tertiary/aromatic N) is 3. The van der Waals surface area contributed by atoms with E-state index in [1.165, 1.54) is 0 Å². The summed E-state index contributed by atoms with van der Waals surface area (Å²) in [6.45, 7) is 2.20. The summed E-state index contributed by atoms with van der Waals surface area (Å²) in [5.74, 6) is -0.205. The van der Waals surface area contributed by atoms with Crippen LogP contribution in [0, 0.1) is 0 Å². The van der Waals surface area contributed by atoms with E-state index >= 15 is 0 Å². The smallest absolute Gasteiger partial charge is 0.306 e. The van der Waals surface area contributed by atoms with Crippen LogP contribution in [-0.2, 0) is 9.53 Å². The molecule has 0 unspecified atom stereocenters. The molecular weight excluding hydrogens is 230 g/mol. The molecule has 0 saturated heterocycles. The number of carbonyl (C=O) groups excluding carboxylic acids is 1. The van der Waals surface area contributed by atoms with Crippen molar-refractivity contribution in [3.63, 3.8) is 0 Å². The van der Waals surface area contributed by atoms with Crippen molar-refractivity contribution in [3.05, 3.63) is 36.2 Å². The van der Waals surface area contributed by atoms with Gasteiger partial charge >= 0.3 is 5.97 Å². The molecule has 0 saturated carbocycles. The maximum Gasteiger partial charge on any atom is 0.306 e. The van der Waals surface area contributed by atoms with Crippen LogP contribution >= 0.6 is 0 Å². The Kier molecular flexibility index (Phi) is 4.06. The molecule has 2 heterocycles. The average Bonchev–Trinajstić information content (AvgIpc) is 2.87. The highest BCUT2D eigenvalue weighted by atomic mass is 16.5. The second kappa shape index (κ2) is 5.95. The van der Waals surface area contributed by atoms with Gasteiger partial charge in [0, 0.05) is 24.4 Å². The first-order valence-corrected chi connectivity index (χ1v) is 5.85. The van der Waals surface area contributed by atoms with E-state index in [0.717, 1.165) is 17.0 Å². The number of pyridine rings is 1. The number of allylic oxidation sites excluding steroid dienone is 1. The minimum absolute atomic E-state index is 0.205. The fourth-order valence-electron chi connectivity index (χ4n) is 1.57. The van der Waals surface area contributed by atoms with Gasteiger partial charge in [0.1, 0.15) is 0 Å². The Morgan fingerprint density at radius 1 is 1.44 bits per heavy atom. The molecule has 93 valence electrons. The summed E-state index contributed by atoms with van der Waals surface area (Å²) in [6, 6.07) is 3.77. The van der Waals surface area contributed by atoms with Crippen molar-refractivity contribution in [1.82, 2.24) is 10.4 Å². The molecule has 1 aromatic heterocycles. The maximum atomic E-state index is 11.2. The minimum atomic E-state index is -0.205. The number of hydrogen-bond donors (Lipinski definition) is 0. The molecule has 0 N–H and O–H groups in total. The molecule has 5 heteroatoms. The first-order valence-electron chi connectivity index (χ1n) is 5.85. The number of ether oxygens (including phenoxy) is 1. The van der Waals surface area contributed by atoms with Crippen LogP contribution in [0.25, 0.3) is 5.70 Å². The Morgan fingerprint density at radius 2 is 2.33 bits per heavy atom. The van der Waals surface area contributed by atoms with Crippen molar-refractivity contribution >= 4 is 17.4 Å². The Hall–Kier alpha value is -2.17. The van der Waals surface area contributed by atoms with Gasteiger partial charge in [0.25, 0.3) is 0 Å². The van der Waals surface area contributed by atoms with Crippen molar-refractivity contribution in [2.45, 2.75) is 19.8 Å². The van der Waals surface area contributed by atoms with Crippen molar-refractivity contribution in [2.24, 2.45) is 5.10 Å². The van der Waals surface area contributed by atoms with Crippen LogP contribution in [0.4, 0.5) is 0 Å². The molecule has 0 aliphatic carbocycles. The molecule has 0 amide bonds. The first kappa shape index (κ1) is 12.3. The second-order valence-electron chi connectivity index (χ2n) is 3.77. The normalized spacial score (nSPS) is 13.6. The van der Waals surface area contributed by atoms with E-state index in [1.54, 1.807) is 19.3 Å². The third-order valence-corrected chi connectivity index (χ3v) is 2.44. The van der Waals surface area contributed by atoms with E-state index in [4.69, 9.17) is 4.74 Å². The van der Waals surface area contributed by atoms with Gasteiger partial charge in [-0.2, -0.15) is 10.5 Å². The molecule has 1 aliphatic heterocycles. The predicted octanol–water partition coefficient (Wildman–Crippen LogP) is 1.74. The number of carbonyl (C=O) groups is 1. The van der Waals surface area contributed by atoms with Crippen molar-refractivity contribution < 1.29 is 9.53 Å². The summed E-state index contributed by atoms with van der Waals surface area (Å²) in [5, 5.41) is 4.04. The lowest BCUT2D eigenvalue weighted by molar-refractivity contribution is -0.142. The predicted molar refractivity (Wildman–Crippen MR) is 67.7 cm³/mol. The molecule has 0 atom stereocenters. The standard InChI is InChI=1S/C13H14N3O2/c1-2-18-13(17)6-5-11-8-12(16-15-11)10-4-3-7-14-9-10/h3-4,7-9H,2,5-6H2,1H3. The monoisotopic (exact) mass is 244 g/mol. The molecule has 0 fully saturated rings. The summed E-state index contributed by atoms with van der Waals surface area (Å²) < 4.78 is 4.86. The number of esters is 1. The molecule has 1 aromatic rings. The third-order valence-electron chi connectivity index (χ3n) is 2.44. The van der Waals surface area contributed by atoms with Crippen molar-refractivity contribution in [3.8, 4) is 0 Å². The lowest BCUT2D eigenvalue weighted by Gasteiger charge is -1.99. The zero-order valence-corrected chi connectivity index (χ0v) is 10.2. The van der Waals surface area contributed by atoms with E-state index in [9.17, 15) is 4.79 Å². The summed E-state index contributed by atoms with van der Waals surface area (Å²) in [7, 11) is 0. The number of hydrogen-bond acceptors (Lipinski definition) is 4. The molecule has 0 bridgehead atoms. The van der Waals surface area contributed by atoms with Crippen LogP contribution in [-0.4, -0.2) is 23.3 Å². The molecule has 0 spiro atoms. The zero-order valence-electron chi connectivity index (χ0n) is 10.2. The molecular formula is C13H14N3O2. The van der Waals surface area contributed by atoms with Crippen LogP contribution in [0.5, 0.6) is 0 Å². The number of aromatic nitrogens is 1. The molecule has 5 nitrogen and oxygen atoms in total. The van der Waals surface area contributed by atoms with Crippen LogP contribution in [0.15, 0.2) is 35.7 Å². The van der Waals surface area contributed by atoms with Crippen LogP contribution < -0.4 is 5.43 Å². The van der Waals surface area contributed by atoms with E-state index in [1.807, 2.05) is 18.2 Å². The Balaban J connectivity index is 1.90. The topological polar surface area (TPSA) is 65.7 Å². The van der Waals surface area contributed by atoms with Gasteiger partial charge in [0.2, 0.25) is 0 Å². The maximum absolute atomic E-state index is 11.2. The van der Waals surface area contributed by atoms with Gasteiger partial charge in [-0.3, -0.25) is 9.78 Å². The quantitative estimate of drug-likeness (QED) is 0.741. The van der Waals surface area contributed by atoms with Crippen molar-refractivity contribution in [1.29, 1.82) is 0 Å². The van der Waals surface area contributed by atoms with Gasteiger partial charge in [0.05, 0.1) is 24.4 Å². The SMILES string of the molecule is CCOC(=O)CCC1=N[N]C(c2cccnc2)=C1. The highest BCUT2D eigenvalue weighted by Gasteiger charge is 2.13. The second-order valence-corrected chi connectivity index (χ2v) is 3.77. The van der Waals surface area contributed by atoms with Gasteiger partial charge in [-0.05, 0) is 25.1 Å². The van der Waals surface area contributed by atoms with E-state index in [-0.39, 0.29) is 5.97 Å². The highest BCUT2D eigenvalue weighted by Crippen LogP contribution is 2.17. The Morgan fingerprint density at radius 3 is 3.06 bits per heavy atom. The molecule has 0 aromatic carbocycles. The largest absolute Gasteiger partial charge is 0.466 e. The Bertz CT molecular complexity index is 480. The van der Waals surface area contributed by atoms with Gasteiger partial charge in [-0.25, -0.2) is 0 Å². The Labute approximate surface area is 106 Å². The molecule has 2 rings (SSSR count). The lowest BCUT2D eigenvalue weighted by atomic mass is 10.1. The van der Waals surface area contributed by atoms with E-state index < -0.39 is 0 Å². The summed E-state index contributed by atoms with van der Waals surface area (Å²) in [5.41, 5.74) is 6.56. The third kappa shape index (κ3) is 3.16. The fraction of sp³-hybridized carbons (Fsp3) is 0.308. The number of rotatable bonds is 5. The fourth-order valence-corrected chi connectivity index (χ4v) is 1.57. The lowest BCUT2D eigenvalue weighted by Crippen LogP contribution is -2.05. The van der Waals surface area contributed by atoms with Crippen LogP contribution in [0.3, 0.4) is 0 Å². The summed E-state index contributed by atoms with van der Waals surface area (Å²) in [6.07, 6.45) is 6.20. The van der Waals surface area contributed by atoms with Gasteiger partial charge < -0.3 is 4.74 Å².